The number of hydrogen-bond acceptors (Lipinski definition) is 5. The number of aryl methyl sites for hydroxylation is 2. The van der Waals surface area contributed by atoms with Crippen molar-refractivity contribution >= 4 is 51.0 Å². The lowest BCUT2D eigenvalue weighted by molar-refractivity contribution is -0.119. The molecular weight excluding hydrogens is 571 g/mol. The lowest BCUT2D eigenvalue weighted by Gasteiger charge is -2.25. The van der Waals surface area contributed by atoms with Crippen LogP contribution < -0.4 is 14.5 Å². The number of benzene rings is 3. The predicted octanol–water partition coefficient (Wildman–Crippen LogP) is 6.06. The summed E-state index contributed by atoms with van der Waals surface area (Å²) >= 11 is 12.6. The van der Waals surface area contributed by atoms with E-state index in [-0.39, 0.29) is 21.4 Å². The van der Waals surface area contributed by atoms with E-state index in [2.05, 4.69) is 10.5 Å². The van der Waals surface area contributed by atoms with Crippen LogP contribution in [0.1, 0.15) is 22.5 Å². The third-order valence-corrected chi connectivity index (χ3v) is 8.59. The summed E-state index contributed by atoms with van der Waals surface area (Å²) in [4.78, 5) is 13.0. The Morgan fingerprint density at radius 2 is 1.73 bits per heavy atom. The van der Waals surface area contributed by atoms with E-state index >= 15 is 0 Å². The fourth-order valence-electron chi connectivity index (χ4n) is 4.26. The van der Waals surface area contributed by atoms with Crippen LogP contribution in [-0.4, -0.2) is 38.8 Å². The van der Waals surface area contributed by atoms with Crippen molar-refractivity contribution in [1.29, 1.82) is 0 Å². The molecule has 8 nitrogen and oxygen atoms in total. The first-order chi connectivity index (χ1) is 19.0. The van der Waals surface area contributed by atoms with E-state index in [4.69, 9.17) is 27.9 Å². The van der Waals surface area contributed by atoms with Crippen molar-refractivity contribution in [2.45, 2.75) is 25.7 Å². The summed E-state index contributed by atoms with van der Waals surface area (Å²) in [7, 11) is -2.76. The average molecular weight is 600 g/mol. The Kier molecular flexibility index (Phi) is 8.88. The minimum Gasteiger partial charge on any atom is -0.495 e. The number of methoxy groups -OCH3 is 1. The van der Waals surface area contributed by atoms with Crippen LogP contribution in [0.4, 0.5) is 5.69 Å². The van der Waals surface area contributed by atoms with Crippen molar-refractivity contribution in [1.82, 2.24) is 9.99 Å². The van der Waals surface area contributed by atoms with Crippen LogP contribution in [0.25, 0.3) is 5.69 Å². The molecule has 1 heterocycles. The van der Waals surface area contributed by atoms with Crippen LogP contribution in [0.3, 0.4) is 0 Å². The van der Waals surface area contributed by atoms with E-state index in [9.17, 15) is 13.2 Å². The molecule has 208 valence electrons. The number of carbonyl (C=O) groups excluding carboxylic acids is 1. The van der Waals surface area contributed by atoms with Crippen molar-refractivity contribution in [3.05, 3.63) is 105 Å². The first-order valence-corrected chi connectivity index (χ1v) is 14.4. The molecule has 0 aliphatic heterocycles. The van der Waals surface area contributed by atoms with Gasteiger partial charge in [0.2, 0.25) is 0 Å². The van der Waals surface area contributed by atoms with E-state index in [1.807, 2.05) is 55.7 Å². The maximum Gasteiger partial charge on any atom is 0.264 e. The van der Waals surface area contributed by atoms with E-state index in [0.717, 1.165) is 32.5 Å². The average Bonchev–Trinajstić information content (AvgIpc) is 3.20. The van der Waals surface area contributed by atoms with Gasteiger partial charge in [-0.05, 0) is 69.3 Å². The molecule has 3 aromatic carbocycles. The van der Waals surface area contributed by atoms with Gasteiger partial charge < -0.3 is 9.30 Å². The van der Waals surface area contributed by atoms with Crippen LogP contribution in [0.2, 0.25) is 10.0 Å². The molecule has 0 spiro atoms. The topological polar surface area (TPSA) is 93.0 Å². The minimum absolute atomic E-state index is 0.0171. The molecule has 40 heavy (non-hydrogen) atoms. The van der Waals surface area contributed by atoms with Gasteiger partial charge in [0.1, 0.15) is 12.3 Å². The van der Waals surface area contributed by atoms with Crippen LogP contribution >= 0.6 is 23.2 Å². The molecule has 0 saturated heterocycles. The summed E-state index contributed by atoms with van der Waals surface area (Å²) in [6, 6.07) is 20.3. The number of hydrogen-bond donors (Lipinski definition) is 1. The van der Waals surface area contributed by atoms with Gasteiger partial charge in [0.05, 0.1) is 34.6 Å². The van der Waals surface area contributed by atoms with Gasteiger partial charge in [-0.15, -0.1) is 0 Å². The lowest BCUT2D eigenvalue weighted by atomic mass is 10.2. The second kappa shape index (κ2) is 12.2. The molecule has 11 heteroatoms. The Labute approximate surface area is 243 Å². The summed E-state index contributed by atoms with van der Waals surface area (Å²) in [5.41, 5.74) is 6.85. The van der Waals surface area contributed by atoms with Gasteiger partial charge in [0.25, 0.3) is 15.9 Å². The van der Waals surface area contributed by atoms with E-state index < -0.39 is 22.5 Å². The lowest BCUT2D eigenvalue weighted by Crippen LogP contribution is -2.39. The number of ether oxygens (including phenoxy) is 1. The maximum atomic E-state index is 13.7. The number of aromatic nitrogens is 1. The standard InChI is InChI=1S/C29H28Cl2N4O4S/c1-19-9-12-24(13-10-19)40(37,38)34(27-16-23(30)11-14-28(27)39-4)18-29(36)33-32-17-22-15-20(2)35(21(22)3)26-8-6-5-7-25(26)31/h5-17H,18H2,1-4H3,(H,33,36)/b32-17-. The van der Waals surface area contributed by atoms with Crippen molar-refractivity contribution < 1.29 is 17.9 Å². The van der Waals surface area contributed by atoms with Crippen molar-refractivity contribution in [2.24, 2.45) is 5.10 Å². The highest BCUT2D eigenvalue weighted by molar-refractivity contribution is 7.92. The zero-order valence-corrected chi connectivity index (χ0v) is 24.7. The second-order valence-corrected chi connectivity index (χ2v) is 11.8. The van der Waals surface area contributed by atoms with Crippen LogP contribution in [0, 0.1) is 20.8 Å². The molecule has 0 bridgehead atoms. The number of halogens is 2. The van der Waals surface area contributed by atoms with Crippen LogP contribution in [0.15, 0.2) is 82.8 Å². The summed E-state index contributed by atoms with van der Waals surface area (Å²) in [5, 5.41) is 4.99. The highest BCUT2D eigenvalue weighted by Crippen LogP contribution is 2.35. The minimum atomic E-state index is -4.17. The van der Waals surface area contributed by atoms with Crippen molar-refractivity contribution in [2.75, 3.05) is 18.0 Å². The highest BCUT2D eigenvalue weighted by atomic mass is 35.5. The van der Waals surface area contributed by atoms with Gasteiger partial charge in [0, 0.05) is 22.0 Å². The molecule has 4 rings (SSSR count). The molecule has 0 unspecified atom stereocenters. The van der Waals surface area contributed by atoms with Crippen molar-refractivity contribution in [3.8, 4) is 11.4 Å². The number of nitrogens with zero attached hydrogens (tertiary/aromatic N) is 3. The summed E-state index contributed by atoms with van der Waals surface area (Å²) in [5.74, 6) is -0.419. The third-order valence-electron chi connectivity index (χ3n) is 6.26. The summed E-state index contributed by atoms with van der Waals surface area (Å²) < 4.78 is 35.7. The molecule has 0 aliphatic rings. The third kappa shape index (κ3) is 6.17. The number of rotatable bonds is 9. The Morgan fingerprint density at radius 3 is 2.40 bits per heavy atom. The Balaban J connectivity index is 1.61. The van der Waals surface area contributed by atoms with E-state index in [0.29, 0.717) is 5.02 Å². The Hall–Kier alpha value is -3.79. The van der Waals surface area contributed by atoms with Crippen LogP contribution in [0.5, 0.6) is 5.75 Å². The number of amides is 1. The number of carbonyl (C=O) groups is 1. The molecular formula is C29H28Cl2N4O4S. The number of sulfonamides is 1. The zero-order valence-electron chi connectivity index (χ0n) is 22.4. The number of para-hydroxylation sites is 1. The summed E-state index contributed by atoms with van der Waals surface area (Å²) in [6.07, 6.45) is 1.51. The molecule has 0 fully saturated rings. The largest absolute Gasteiger partial charge is 0.495 e. The monoisotopic (exact) mass is 598 g/mol. The van der Waals surface area contributed by atoms with Gasteiger partial charge in [-0.3, -0.25) is 9.10 Å². The Morgan fingerprint density at radius 1 is 1.02 bits per heavy atom. The number of hydrazone groups is 1. The predicted molar refractivity (Wildman–Crippen MR) is 160 cm³/mol. The second-order valence-electron chi connectivity index (χ2n) is 9.05. The number of nitrogens with one attached hydrogen (secondary N) is 1. The van der Waals surface area contributed by atoms with E-state index in [1.54, 1.807) is 24.3 Å². The quantitative estimate of drug-likeness (QED) is 0.187. The molecule has 1 aromatic heterocycles. The normalized spacial score (nSPS) is 11.6. The molecule has 1 N–H and O–H groups in total. The van der Waals surface area contributed by atoms with E-state index in [1.165, 1.54) is 31.5 Å². The molecule has 1 amide bonds. The Bertz CT molecular complexity index is 1680. The van der Waals surface area contributed by atoms with Gasteiger partial charge in [-0.2, -0.15) is 5.10 Å². The first-order valence-electron chi connectivity index (χ1n) is 12.2. The highest BCUT2D eigenvalue weighted by Gasteiger charge is 2.29. The van der Waals surface area contributed by atoms with Gasteiger partial charge in [-0.1, -0.05) is 53.0 Å². The first kappa shape index (κ1) is 29.2. The van der Waals surface area contributed by atoms with Gasteiger partial charge >= 0.3 is 0 Å². The molecule has 0 saturated carbocycles. The summed E-state index contributed by atoms with van der Waals surface area (Å²) in [6.45, 7) is 5.15. The fraction of sp³-hybridized carbons (Fsp3) is 0.172. The van der Waals surface area contributed by atoms with Gasteiger partial charge in [0.15, 0.2) is 0 Å². The molecule has 0 radical (unpaired) electrons. The fourth-order valence-corrected chi connectivity index (χ4v) is 6.07. The number of anilines is 1. The van der Waals surface area contributed by atoms with Gasteiger partial charge in [-0.25, -0.2) is 13.8 Å². The molecule has 0 aliphatic carbocycles. The van der Waals surface area contributed by atoms with Crippen LogP contribution in [-0.2, 0) is 14.8 Å². The van der Waals surface area contributed by atoms with Crippen molar-refractivity contribution in [3.63, 3.8) is 0 Å². The molecule has 4 aromatic rings. The SMILES string of the molecule is COc1ccc(Cl)cc1N(CC(=O)N/N=C\c1cc(C)n(-c2ccccc2Cl)c1C)S(=O)(=O)c1ccc(C)cc1. The molecule has 0 atom stereocenters. The smallest absolute Gasteiger partial charge is 0.264 e. The maximum absolute atomic E-state index is 13.7. The zero-order chi connectivity index (χ0) is 29.0.